The van der Waals surface area contributed by atoms with E-state index in [0.717, 1.165) is 31.0 Å². The number of esters is 1. The Bertz CT molecular complexity index is 502. The Hall–Kier alpha value is -0.610. The normalized spacial score (nSPS) is 26.0. The Labute approximate surface area is 185 Å². The molecule has 0 heterocycles. The zero-order valence-corrected chi connectivity index (χ0v) is 20.3. The Morgan fingerprint density at radius 3 is 1.87 bits per heavy atom. The average molecular weight is 421 g/mol. The molecule has 0 aliphatic heterocycles. The molecule has 30 heavy (non-hydrogen) atoms. The lowest BCUT2D eigenvalue weighted by Gasteiger charge is -2.38. The molecule has 4 heteroatoms. The van der Waals surface area contributed by atoms with Gasteiger partial charge in [-0.1, -0.05) is 45.4 Å². The highest BCUT2D eigenvalue weighted by Gasteiger charge is 2.43. The van der Waals surface area contributed by atoms with E-state index in [1.807, 2.05) is 20.8 Å². The second kappa shape index (κ2) is 11.3. The van der Waals surface area contributed by atoms with Crippen LogP contribution < -0.4 is 5.32 Å². The maximum absolute atomic E-state index is 12.9. The van der Waals surface area contributed by atoms with Crippen molar-refractivity contribution in [3.63, 3.8) is 0 Å². The van der Waals surface area contributed by atoms with Gasteiger partial charge in [0.05, 0.1) is 0 Å². The van der Waals surface area contributed by atoms with Crippen molar-refractivity contribution < 1.29 is 9.53 Å². The zero-order chi connectivity index (χ0) is 21.6. The largest absolute Gasteiger partial charge is 0.459 e. The van der Waals surface area contributed by atoms with Gasteiger partial charge in [-0.3, -0.25) is 9.69 Å². The second-order valence-electron chi connectivity index (χ2n) is 11.2. The van der Waals surface area contributed by atoms with Crippen LogP contribution in [0.1, 0.15) is 124 Å². The summed E-state index contributed by atoms with van der Waals surface area (Å²) in [6.07, 6.45) is 19.2. The van der Waals surface area contributed by atoms with Gasteiger partial charge in [0.25, 0.3) is 0 Å². The van der Waals surface area contributed by atoms with Crippen molar-refractivity contribution in [2.24, 2.45) is 0 Å². The molecule has 3 rings (SSSR count). The number of carbonyl (C=O) groups is 1. The molecule has 174 valence electrons. The predicted octanol–water partition coefficient (Wildman–Crippen LogP) is 5.97. The predicted molar refractivity (Wildman–Crippen MR) is 125 cm³/mol. The Balaban J connectivity index is 1.45. The number of nitrogens with one attached hydrogen (secondary N) is 1. The first-order valence-electron chi connectivity index (χ1n) is 13.1. The Morgan fingerprint density at radius 2 is 1.37 bits per heavy atom. The summed E-state index contributed by atoms with van der Waals surface area (Å²) in [6.45, 7) is 8.18. The minimum atomic E-state index is -0.412. The van der Waals surface area contributed by atoms with E-state index < -0.39 is 5.60 Å². The summed E-state index contributed by atoms with van der Waals surface area (Å²) in [5, 5.41) is 3.74. The summed E-state index contributed by atoms with van der Waals surface area (Å²) < 4.78 is 5.77. The lowest BCUT2D eigenvalue weighted by Crippen LogP contribution is -2.49. The quantitative estimate of drug-likeness (QED) is 0.294. The first kappa shape index (κ1) is 24.0. The van der Waals surface area contributed by atoms with Gasteiger partial charge in [0.2, 0.25) is 0 Å². The van der Waals surface area contributed by atoms with Crippen molar-refractivity contribution >= 4 is 5.97 Å². The van der Waals surface area contributed by atoms with Gasteiger partial charge in [0, 0.05) is 24.2 Å². The van der Waals surface area contributed by atoms with Crippen LogP contribution >= 0.6 is 0 Å². The van der Waals surface area contributed by atoms with E-state index in [1.165, 1.54) is 83.5 Å². The fourth-order valence-electron chi connectivity index (χ4n) is 5.24. The van der Waals surface area contributed by atoms with Gasteiger partial charge in [-0.15, -0.1) is 0 Å². The maximum Gasteiger partial charge on any atom is 0.323 e. The van der Waals surface area contributed by atoms with Crippen molar-refractivity contribution in [2.45, 2.75) is 160 Å². The molecule has 0 saturated heterocycles. The summed E-state index contributed by atoms with van der Waals surface area (Å²) in [5.41, 5.74) is -0.412. The highest BCUT2D eigenvalue weighted by atomic mass is 16.6. The molecule has 3 saturated carbocycles. The van der Waals surface area contributed by atoms with Crippen LogP contribution in [0.25, 0.3) is 0 Å². The first-order chi connectivity index (χ1) is 14.4. The van der Waals surface area contributed by atoms with Crippen LogP contribution in [-0.4, -0.2) is 46.7 Å². The van der Waals surface area contributed by atoms with E-state index in [0.29, 0.717) is 6.04 Å². The molecule has 0 spiro atoms. The van der Waals surface area contributed by atoms with Gasteiger partial charge in [0.15, 0.2) is 0 Å². The standard InChI is InChI=1S/C26H48N2O2/c1-5-6-7-8-9-10-11-24(25(29)30-26(2,3)4)27-20-12-14-21(15-13-20)28(22-16-17-22)23-18-19-23/h20-24,27H,5-19H2,1-4H3. The van der Waals surface area contributed by atoms with Crippen LogP contribution in [-0.2, 0) is 9.53 Å². The van der Waals surface area contributed by atoms with Crippen molar-refractivity contribution in [3.05, 3.63) is 0 Å². The molecule has 0 bridgehead atoms. The van der Waals surface area contributed by atoms with Crippen LogP contribution in [0.15, 0.2) is 0 Å². The van der Waals surface area contributed by atoms with Crippen molar-refractivity contribution in [1.82, 2.24) is 10.2 Å². The molecule has 0 aromatic carbocycles. The summed E-state index contributed by atoms with van der Waals surface area (Å²) >= 11 is 0. The summed E-state index contributed by atoms with van der Waals surface area (Å²) in [5.74, 6) is -0.0456. The molecule has 0 aromatic heterocycles. The molecule has 1 atom stereocenters. The van der Waals surface area contributed by atoms with Gasteiger partial charge in [-0.05, 0) is 78.6 Å². The number of rotatable bonds is 13. The topological polar surface area (TPSA) is 41.6 Å². The van der Waals surface area contributed by atoms with Crippen LogP contribution in [0.5, 0.6) is 0 Å². The van der Waals surface area contributed by atoms with Crippen molar-refractivity contribution in [1.29, 1.82) is 0 Å². The monoisotopic (exact) mass is 420 g/mol. The van der Waals surface area contributed by atoms with E-state index in [1.54, 1.807) is 0 Å². The average Bonchev–Trinajstić information content (AvgIpc) is 3.59. The molecule has 3 aliphatic rings. The fraction of sp³-hybridized carbons (Fsp3) is 0.962. The fourth-order valence-corrected chi connectivity index (χ4v) is 5.24. The van der Waals surface area contributed by atoms with Gasteiger partial charge >= 0.3 is 5.97 Å². The third-order valence-corrected chi connectivity index (χ3v) is 7.03. The molecule has 0 amide bonds. The van der Waals surface area contributed by atoms with Gasteiger partial charge in [0.1, 0.15) is 11.6 Å². The number of ether oxygens (including phenoxy) is 1. The molecule has 0 aromatic rings. The second-order valence-corrected chi connectivity index (χ2v) is 11.2. The third-order valence-electron chi connectivity index (χ3n) is 7.03. The number of nitrogens with zero attached hydrogens (tertiary/aromatic N) is 1. The Kier molecular flexibility index (Phi) is 9.07. The molecule has 4 nitrogen and oxygen atoms in total. The molecule has 1 N–H and O–H groups in total. The van der Waals surface area contributed by atoms with Crippen LogP contribution in [0.4, 0.5) is 0 Å². The molecule has 1 unspecified atom stereocenters. The van der Waals surface area contributed by atoms with E-state index in [-0.39, 0.29) is 12.0 Å². The lowest BCUT2D eigenvalue weighted by atomic mass is 9.89. The number of hydrogen-bond acceptors (Lipinski definition) is 4. The minimum absolute atomic E-state index is 0.0456. The maximum atomic E-state index is 12.9. The third kappa shape index (κ3) is 8.15. The molecule has 0 radical (unpaired) electrons. The van der Waals surface area contributed by atoms with Gasteiger partial charge in [-0.25, -0.2) is 0 Å². The number of carbonyl (C=O) groups excluding carboxylic acids is 1. The van der Waals surface area contributed by atoms with Gasteiger partial charge < -0.3 is 10.1 Å². The molecular formula is C26H48N2O2. The van der Waals surface area contributed by atoms with E-state index >= 15 is 0 Å². The van der Waals surface area contributed by atoms with Crippen molar-refractivity contribution in [3.8, 4) is 0 Å². The lowest BCUT2D eigenvalue weighted by molar-refractivity contribution is -0.158. The minimum Gasteiger partial charge on any atom is -0.459 e. The van der Waals surface area contributed by atoms with Crippen molar-refractivity contribution in [2.75, 3.05) is 0 Å². The van der Waals surface area contributed by atoms with Gasteiger partial charge in [-0.2, -0.15) is 0 Å². The van der Waals surface area contributed by atoms with E-state index in [4.69, 9.17) is 4.74 Å². The Morgan fingerprint density at radius 1 is 0.867 bits per heavy atom. The van der Waals surface area contributed by atoms with Crippen LogP contribution in [0.2, 0.25) is 0 Å². The number of unbranched alkanes of at least 4 members (excludes halogenated alkanes) is 5. The van der Waals surface area contributed by atoms with E-state index in [2.05, 4.69) is 17.1 Å². The summed E-state index contributed by atoms with van der Waals surface area (Å²) in [6, 6.07) is 2.92. The number of hydrogen-bond donors (Lipinski definition) is 1. The van der Waals surface area contributed by atoms with Crippen LogP contribution in [0, 0.1) is 0 Å². The molecular weight excluding hydrogens is 372 g/mol. The highest BCUT2D eigenvalue weighted by molar-refractivity contribution is 5.76. The smallest absolute Gasteiger partial charge is 0.323 e. The van der Waals surface area contributed by atoms with Crippen LogP contribution in [0.3, 0.4) is 0 Å². The van der Waals surface area contributed by atoms with E-state index in [9.17, 15) is 4.79 Å². The highest BCUT2D eigenvalue weighted by Crippen LogP contribution is 2.42. The molecule has 3 fully saturated rings. The zero-order valence-electron chi connectivity index (χ0n) is 20.3. The summed E-state index contributed by atoms with van der Waals surface area (Å²) in [7, 11) is 0. The SMILES string of the molecule is CCCCCCCCC(NC1CCC(N(C2CC2)C2CC2)CC1)C(=O)OC(C)(C)C. The summed E-state index contributed by atoms with van der Waals surface area (Å²) in [4.78, 5) is 15.8. The molecule has 3 aliphatic carbocycles. The first-order valence-corrected chi connectivity index (χ1v) is 13.1.